The number of benzene rings is 1. The van der Waals surface area contributed by atoms with E-state index in [1.165, 1.54) is 31.6 Å². The minimum Gasteiger partial charge on any atom is -0.493 e. The molecule has 1 atom stereocenters. The van der Waals surface area contributed by atoms with Gasteiger partial charge in [0.2, 0.25) is 0 Å². The minimum atomic E-state index is -0.498. The minimum absolute atomic E-state index is 0.0318. The second-order valence-electron chi connectivity index (χ2n) is 6.84. The van der Waals surface area contributed by atoms with E-state index in [4.69, 9.17) is 25.8 Å². The molecular weight excluding hydrogens is 414 g/mol. The lowest BCUT2D eigenvalue weighted by molar-refractivity contribution is -0.141. The standard InChI is InChI=1S/C21H26ClNO5S/c1-13(2)7-8-28-20-15(22)10-14(11-17(20)26-3)21(25)23-16(12-19(24)27-4)18-6-5-9-29-18/h5-6,9-11,13,16H,7-8,12H2,1-4H3,(H,23,25). The molecule has 0 saturated carbocycles. The van der Waals surface area contributed by atoms with Crippen molar-refractivity contribution in [2.45, 2.75) is 32.7 Å². The number of hydrogen-bond donors (Lipinski definition) is 1. The van der Waals surface area contributed by atoms with E-state index in [9.17, 15) is 9.59 Å². The first-order chi connectivity index (χ1) is 13.8. The first kappa shape index (κ1) is 23.0. The lowest BCUT2D eigenvalue weighted by atomic mass is 10.1. The van der Waals surface area contributed by atoms with Gasteiger partial charge in [0.15, 0.2) is 11.5 Å². The molecule has 8 heteroatoms. The van der Waals surface area contributed by atoms with Gasteiger partial charge in [0.25, 0.3) is 5.91 Å². The van der Waals surface area contributed by atoms with E-state index in [0.717, 1.165) is 11.3 Å². The van der Waals surface area contributed by atoms with Crippen LogP contribution in [0.4, 0.5) is 0 Å². The molecule has 1 unspecified atom stereocenters. The summed E-state index contributed by atoms with van der Waals surface area (Å²) < 4.78 is 15.9. The highest BCUT2D eigenvalue weighted by Gasteiger charge is 2.22. The summed E-state index contributed by atoms with van der Waals surface area (Å²) in [6.07, 6.45) is 0.905. The van der Waals surface area contributed by atoms with E-state index < -0.39 is 12.0 Å². The SMILES string of the molecule is COC(=O)CC(NC(=O)c1cc(Cl)c(OCCC(C)C)c(OC)c1)c1cccs1. The van der Waals surface area contributed by atoms with Gasteiger partial charge in [-0.2, -0.15) is 0 Å². The summed E-state index contributed by atoms with van der Waals surface area (Å²) in [6, 6.07) is 6.34. The monoisotopic (exact) mass is 439 g/mol. The second-order valence-corrected chi connectivity index (χ2v) is 8.23. The number of rotatable bonds is 10. The number of hydrogen-bond acceptors (Lipinski definition) is 6. The summed E-state index contributed by atoms with van der Waals surface area (Å²) in [6.45, 7) is 4.71. The number of esters is 1. The summed E-state index contributed by atoms with van der Waals surface area (Å²) in [5, 5.41) is 5.05. The molecule has 0 aliphatic rings. The van der Waals surface area contributed by atoms with Crippen LogP contribution in [0.25, 0.3) is 0 Å². The van der Waals surface area contributed by atoms with E-state index in [1.54, 1.807) is 6.07 Å². The number of thiophene rings is 1. The van der Waals surface area contributed by atoms with Gasteiger partial charge in [-0.05, 0) is 35.9 Å². The highest BCUT2D eigenvalue weighted by molar-refractivity contribution is 7.10. The van der Waals surface area contributed by atoms with E-state index in [1.807, 2.05) is 17.5 Å². The van der Waals surface area contributed by atoms with Gasteiger partial charge in [-0.25, -0.2) is 0 Å². The third-order valence-electron chi connectivity index (χ3n) is 4.22. The van der Waals surface area contributed by atoms with Crippen molar-refractivity contribution in [3.05, 3.63) is 45.1 Å². The van der Waals surface area contributed by atoms with Gasteiger partial charge >= 0.3 is 5.97 Å². The zero-order valence-electron chi connectivity index (χ0n) is 17.0. The van der Waals surface area contributed by atoms with Crippen LogP contribution < -0.4 is 14.8 Å². The molecule has 1 aromatic heterocycles. The highest BCUT2D eigenvalue weighted by atomic mass is 35.5. The summed E-state index contributed by atoms with van der Waals surface area (Å²) in [7, 11) is 2.81. The topological polar surface area (TPSA) is 73.9 Å². The quantitative estimate of drug-likeness (QED) is 0.534. The third-order valence-corrected chi connectivity index (χ3v) is 5.49. The Morgan fingerprint density at radius 1 is 1.24 bits per heavy atom. The molecule has 1 heterocycles. The van der Waals surface area contributed by atoms with Crippen LogP contribution in [-0.2, 0) is 9.53 Å². The number of nitrogens with one attached hydrogen (secondary N) is 1. The van der Waals surface area contributed by atoms with Crippen LogP contribution >= 0.6 is 22.9 Å². The fourth-order valence-corrected chi connectivity index (χ4v) is 3.63. The van der Waals surface area contributed by atoms with Crippen molar-refractivity contribution in [2.24, 2.45) is 5.92 Å². The van der Waals surface area contributed by atoms with Gasteiger partial charge in [0.1, 0.15) is 0 Å². The summed E-state index contributed by atoms with van der Waals surface area (Å²) >= 11 is 7.81. The van der Waals surface area contributed by atoms with E-state index in [2.05, 4.69) is 19.2 Å². The second kappa shape index (κ2) is 11.1. The highest BCUT2D eigenvalue weighted by Crippen LogP contribution is 2.37. The third kappa shape index (κ3) is 6.65. The maximum atomic E-state index is 12.8. The summed E-state index contributed by atoms with van der Waals surface area (Å²) in [4.78, 5) is 25.5. The molecule has 0 aliphatic heterocycles. The predicted octanol–water partition coefficient (Wildman–Crippen LogP) is 4.87. The van der Waals surface area contributed by atoms with Gasteiger partial charge in [-0.3, -0.25) is 9.59 Å². The van der Waals surface area contributed by atoms with Crippen molar-refractivity contribution in [1.82, 2.24) is 5.32 Å². The Morgan fingerprint density at radius 3 is 2.59 bits per heavy atom. The van der Waals surface area contributed by atoms with Gasteiger partial charge in [0, 0.05) is 10.4 Å². The first-order valence-corrected chi connectivity index (χ1v) is 10.5. The molecule has 6 nitrogen and oxygen atoms in total. The molecule has 0 saturated heterocycles. The Hall–Kier alpha value is -2.25. The van der Waals surface area contributed by atoms with Gasteiger partial charge in [0.05, 0.1) is 38.3 Å². The normalized spacial score (nSPS) is 11.8. The number of halogens is 1. The Balaban J connectivity index is 2.20. The van der Waals surface area contributed by atoms with E-state index in [0.29, 0.717) is 34.6 Å². The Labute approximate surface area is 180 Å². The van der Waals surface area contributed by atoms with Crippen molar-refractivity contribution in [1.29, 1.82) is 0 Å². The molecule has 0 aliphatic carbocycles. The Kier molecular flexibility index (Phi) is 8.79. The molecular formula is C21H26ClNO5S. The largest absolute Gasteiger partial charge is 0.493 e. The van der Waals surface area contributed by atoms with Crippen LogP contribution in [0.2, 0.25) is 5.02 Å². The number of methoxy groups -OCH3 is 2. The van der Waals surface area contributed by atoms with Crippen LogP contribution in [0, 0.1) is 5.92 Å². The molecule has 1 N–H and O–H groups in total. The van der Waals surface area contributed by atoms with Gasteiger partial charge in [-0.1, -0.05) is 31.5 Å². The lowest BCUT2D eigenvalue weighted by Gasteiger charge is -2.18. The predicted molar refractivity (Wildman–Crippen MR) is 114 cm³/mol. The fraction of sp³-hybridized carbons (Fsp3) is 0.429. The van der Waals surface area contributed by atoms with Crippen LogP contribution in [0.5, 0.6) is 11.5 Å². The number of carbonyl (C=O) groups is 2. The number of carbonyl (C=O) groups excluding carboxylic acids is 2. The molecule has 1 amide bonds. The lowest BCUT2D eigenvalue weighted by Crippen LogP contribution is -2.30. The van der Waals surface area contributed by atoms with Crippen molar-refractivity contribution < 1.29 is 23.8 Å². The smallest absolute Gasteiger partial charge is 0.307 e. The Bertz CT molecular complexity index is 823. The fourth-order valence-electron chi connectivity index (χ4n) is 2.59. The average molecular weight is 440 g/mol. The van der Waals surface area contributed by atoms with Crippen LogP contribution in [0.3, 0.4) is 0 Å². The summed E-state index contributed by atoms with van der Waals surface area (Å²) in [5.41, 5.74) is 0.314. The van der Waals surface area contributed by atoms with Gasteiger partial charge in [-0.15, -0.1) is 11.3 Å². The molecule has 1 aromatic carbocycles. The van der Waals surface area contributed by atoms with Crippen molar-refractivity contribution in [3.8, 4) is 11.5 Å². The number of ether oxygens (including phenoxy) is 3. The molecule has 0 spiro atoms. The first-order valence-electron chi connectivity index (χ1n) is 9.27. The molecule has 0 radical (unpaired) electrons. The average Bonchev–Trinajstić information content (AvgIpc) is 3.22. The molecule has 29 heavy (non-hydrogen) atoms. The van der Waals surface area contributed by atoms with Gasteiger partial charge < -0.3 is 19.5 Å². The molecule has 2 aromatic rings. The zero-order chi connectivity index (χ0) is 21.4. The maximum absolute atomic E-state index is 12.8. The summed E-state index contributed by atoms with van der Waals surface area (Å²) in [5.74, 6) is 0.506. The number of amides is 1. The van der Waals surface area contributed by atoms with Crippen molar-refractivity contribution in [2.75, 3.05) is 20.8 Å². The molecule has 0 bridgehead atoms. The van der Waals surface area contributed by atoms with Crippen LogP contribution in [-0.4, -0.2) is 32.7 Å². The molecule has 0 fully saturated rings. The van der Waals surface area contributed by atoms with Crippen molar-refractivity contribution >= 4 is 34.8 Å². The zero-order valence-corrected chi connectivity index (χ0v) is 18.6. The molecule has 158 valence electrons. The van der Waals surface area contributed by atoms with E-state index in [-0.39, 0.29) is 12.3 Å². The van der Waals surface area contributed by atoms with Crippen molar-refractivity contribution in [3.63, 3.8) is 0 Å². The van der Waals surface area contributed by atoms with E-state index >= 15 is 0 Å². The van der Waals surface area contributed by atoms with Crippen LogP contribution in [0.1, 0.15) is 48.0 Å². The maximum Gasteiger partial charge on any atom is 0.307 e. The van der Waals surface area contributed by atoms with Crippen LogP contribution in [0.15, 0.2) is 29.6 Å². The molecule has 2 rings (SSSR count). The Morgan fingerprint density at radius 2 is 2.00 bits per heavy atom.